The molecule has 10 heteroatoms. The Kier molecular flexibility index (Phi) is 13.5. The fourth-order valence-electron chi connectivity index (χ4n) is 5.39. The molecule has 0 saturated carbocycles. The molecule has 1 heterocycles. The molecule has 1 fully saturated rings. The zero-order valence-corrected chi connectivity index (χ0v) is 25.6. The number of nitrogens with one attached hydrogen (secondary N) is 2. The lowest BCUT2D eigenvalue weighted by Gasteiger charge is -2.38. The Hall–Kier alpha value is -3.37. The van der Waals surface area contributed by atoms with Gasteiger partial charge in [0.15, 0.2) is 0 Å². The summed E-state index contributed by atoms with van der Waals surface area (Å²) in [6.07, 6.45) is 3.21. The molecule has 3 rings (SSSR count). The van der Waals surface area contributed by atoms with Gasteiger partial charge in [-0.1, -0.05) is 64.3 Å². The molecule has 8 nitrogen and oxygen atoms in total. The van der Waals surface area contributed by atoms with Crippen LogP contribution >= 0.6 is 0 Å². The number of aliphatic hydroxyl groups is 1. The molecule has 0 radical (unpaired) electrons. The second-order valence-corrected chi connectivity index (χ2v) is 11.3. The van der Waals surface area contributed by atoms with E-state index in [9.17, 15) is 28.3 Å². The van der Waals surface area contributed by atoms with E-state index in [0.717, 1.165) is 37.3 Å². The number of unbranched alkanes of at least 4 members (excludes halogenated alkanes) is 2. The van der Waals surface area contributed by atoms with Gasteiger partial charge in [0.05, 0.1) is 12.1 Å². The Morgan fingerprint density at radius 1 is 0.930 bits per heavy atom. The summed E-state index contributed by atoms with van der Waals surface area (Å²) in [5.41, 5.74) is 2.51. The van der Waals surface area contributed by atoms with Crippen LogP contribution in [0.3, 0.4) is 0 Å². The van der Waals surface area contributed by atoms with E-state index < -0.39 is 47.5 Å². The van der Waals surface area contributed by atoms with Crippen molar-refractivity contribution in [3.63, 3.8) is 0 Å². The van der Waals surface area contributed by atoms with Crippen molar-refractivity contribution in [1.82, 2.24) is 20.4 Å². The van der Waals surface area contributed by atoms with Gasteiger partial charge in [-0.25, -0.2) is 8.78 Å². The number of aliphatic hydroxyl groups excluding tert-OH is 1. The number of halogens is 2. The fourth-order valence-corrected chi connectivity index (χ4v) is 5.39. The standard InChI is InChI=1S/C33H46F2N4O4/c1-4-7-12-29(39-15-14-38(13-8-5-2)32(42)33(39)43)31(41)37-28(19-25-17-26(34)20-27(35)18-25)30(40)22-36-21-24-11-9-10-23(6-3)16-24/h9-11,16-18,20,28-30,36,40H,4-8,12-15,19,21-22H2,1-3H3,(H,37,41)/t28-,29?,30-/m0/s1. The largest absolute Gasteiger partial charge is 0.390 e. The van der Waals surface area contributed by atoms with Crippen molar-refractivity contribution in [3.05, 3.63) is 70.8 Å². The Labute approximate surface area is 253 Å². The normalized spacial score (nSPS) is 15.9. The van der Waals surface area contributed by atoms with Gasteiger partial charge >= 0.3 is 11.8 Å². The SMILES string of the molecule is CCCCC(C(=O)N[C@@H](Cc1cc(F)cc(F)c1)[C@@H](O)CNCc1cccc(CC)c1)N1CCN(CCCC)C(=O)C1=O. The molecule has 2 aromatic carbocycles. The molecule has 236 valence electrons. The summed E-state index contributed by atoms with van der Waals surface area (Å²) in [6.45, 7) is 7.71. The molecule has 0 aliphatic carbocycles. The third kappa shape index (κ3) is 10.1. The highest BCUT2D eigenvalue weighted by molar-refractivity contribution is 6.35. The molecule has 1 saturated heterocycles. The summed E-state index contributed by atoms with van der Waals surface area (Å²) in [6, 6.07) is 9.36. The maximum Gasteiger partial charge on any atom is 0.312 e. The highest BCUT2D eigenvalue weighted by atomic mass is 19.1. The Bertz CT molecular complexity index is 1210. The van der Waals surface area contributed by atoms with E-state index in [1.807, 2.05) is 32.0 Å². The van der Waals surface area contributed by atoms with Crippen LogP contribution in [0, 0.1) is 11.6 Å². The van der Waals surface area contributed by atoms with Crippen LogP contribution in [0.15, 0.2) is 42.5 Å². The van der Waals surface area contributed by atoms with E-state index in [4.69, 9.17) is 0 Å². The number of hydrogen-bond acceptors (Lipinski definition) is 5. The van der Waals surface area contributed by atoms with Gasteiger partial charge in [0.1, 0.15) is 17.7 Å². The molecular weight excluding hydrogens is 554 g/mol. The number of rotatable bonds is 17. The first-order valence-electron chi connectivity index (χ1n) is 15.5. The van der Waals surface area contributed by atoms with Gasteiger partial charge in [-0.15, -0.1) is 0 Å². The van der Waals surface area contributed by atoms with E-state index in [0.29, 0.717) is 32.5 Å². The predicted octanol–water partition coefficient (Wildman–Crippen LogP) is 3.73. The highest BCUT2D eigenvalue weighted by Crippen LogP contribution is 2.18. The quantitative estimate of drug-likeness (QED) is 0.240. The number of benzene rings is 2. The summed E-state index contributed by atoms with van der Waals surface area (Å²) in [4.78, 5) is 42.6. The van der Waals surface area contributed by atoms with Gasteiger partial charge in [0.25, 0.3) is 0 Å². The van der Waals surface area contributed by atoms with Crippen molar-refractivity contribution in [3.8, 4) is 0 Å². The third-order valence-corrected chi connectivity index (χ3v) is 7.89. The van der Waals surface area contributed by atoms with E-state index in [-0.39, 0.29) is 25.1 Å². The lowest BCUT2D eigenvalue weighted by atomic mass is 9.99. The lowest BCUT2D eigenvalue weighted by Crippen LogP contribution is -2.62. The smallest absolute Gasteiger partial charge is 0.312 e. The van der Waals surface area contributed by atoms with Gasteiger partial charge in [-0.2, -0.15) is 0 Å². The molecule has 0 bridgehead atoms. The number of piperazine rings is 1. The summed E-state index contributed by atoms with van der Waals surface area (Å²) in [7, 11) is 0. The molecule has 43 heavy (non-hydrogen) atoms. The third-order valence-electron chi connectivity index (χ3n) is 7.89. The highest BCUT2D eigenvalue weighted by Gasteiger charge is 2.39. The summed E-state index contributed by atoms with van der Waals surface area (Å²) < 4.78 is 28.0. The summed E-state index contributed by atoms with van der Waals surface area (Å²) in [5, 5.41) is 17.3. The molecule has 1 aliphatic heterocycles. The molecule has 1 unspecified atom stereocenters. The van der Waals surface area contributed by atoms with Gasteiger partial charge in [-0.05, 0) is 54.5 Å². The van der Waals surface area contributed by atoms with Crippen molar-refractivity contribution in [2.45, 2.75) is 90.4 Å². The van der Waals surface area contributed by atoms with Crippen LogP contribution in [0.1, 0.15) is 69.6 Å². The van der Waals surface area contributed by atoms with Crippen molar-refractivity contribution in [2.24, 2.45) is 0 Å². The van der Waals surface area contributed by atoms with Crippen LogP contribution in [0.25, 0.3) is 0 Å². The minimum atomic E-state index is -1.11. The van der Waals surface area contributed by atoms with E-state index in [2.05, 4.69) is 23.6 Å². The summed E-state index contributed by atoms with van der Waals surface area (Å²) in [5.74, 6) is -3.34. The Morgan fingerprint density at radius 3 is 2.30 bits per heavy atom. The molecule has 3 amide bonds. The number of hydrogen-bond donors (Lipinski definition) is 3. The minimum Gasteiger partial charge on any atom is -0.390 e. The Balaban J connectivity index is 1.77. The van der Waals surface area contributed by atoms with Gasteiger partial charge in [0, 0.05) is 38.8 Å². The number of nitrogens with zero attached hydrogens (tertiary/aromatic N) is 2. The predicted molar refractivity (Wildman–Crippen MR) is 162 cm³/mol. The van der Waals surface area contributed by atoms with Crippen molar-refractivity contribution in [2.75, 3.05) is 26.2 Å². The summed E-state index contributed by atoms with van der Waals surface area (Å²) >= 11 is 0. The first-order chi connectivity index (χ1) is 20.7. The van der Waals surface area contributed by atoms with Crippen LogP contribution in [-0.4, -0.2) is 77.0 Å². The number of carbonyl (C=O) groups excluding carboxylic acids is 3. The fraction of sp³-hybridized carbons (Fsp3) is 0.545. The van der Waals surface area contributed by atoms with Crippen LogP contribution in [-0.2, 0) is 33.8 Å². The zero-order chi connectivity index (χ0) is 31.4. The average molecular weight is 601 g/mol. The van der Waals surface area contributed by atoms with E-state index >= 15 is 0 Å². The number of aryl methyl sites for hydroxylation is 1. The zero-order valence-electron chi connectivity index (χ0n) is 25.6. The first kappa shape index (κ1) is 34.1. The van der Waals surface area contributed by atoms with Crippen molar-refractivity contribution in [1.29, 1.82) is 0 Å². The van der Waals surface area contributed by atoms with E-state index in [1.165, 1.54) is 27.5 Å². The number of amides is 3. The average Bonchev–Trinajstić information content (AvgIpc) is 2.98. The molecular formula is C33H46F2N4O4. The molecule has 3 N–H and O–H groups in total. The van der Waals surface area contributed by atoms with Gasteiger partial charge < -0.3 is 25.5 Å². The van der Waals surface area contributed by atoms with Crippen LogP contribution in [0.5, 0.6) is 0 Å². The molecule has 1 aliphatic rings. The second kappa shape index (κ2) is 17.1. The second-order valence-electron chi connectivity index (χ2n) is 11.3. The van der Waals surface area contributed by atoms with Crippen molar-refractivity contribution >= 4 is 17.7 Å². The monoisotopic (exact) mass is 600 g/mol. The first-order valence-corrected chi connectivity index (χ1v) is 15.5. The van der Waals surface area contributed by atoms with Gasteiger partial charge in [-0.3, -0.25) is 14.4 Å². The van der Waals surface area contributed by atoms with Crippen LogP contribution in [0.2, 0.25) is 0 Å². The topological polar surface area (TPSA) is 102 Å². The lowest BCUT2D eigenvalue weighted by molar-refractivity contribution is -0.159. The maximum absolute atomic E-state index is 14.0. The van der Waals surface area contributed by atoms with E-state index in [1.54, 1.807) is 0 Å². The molecule has 3 atom stereocenters. The van der Waals surface area contributed by atoms with Crippen LogP contribution < -0.4 is 10.6 Å². The van der Waals surface area contributed by atoms with Crippen LogP contribution in [0.4, 0.5) is 8.78 Å². The molecule has 0 aromatic heterocycles. The molecule has 2 aromatic rings. The molecule has 0 spiro atoms. The van der Waals surface area contributed by atoms with Gasteiger partial charge in [0.2, 0.25) is 5.91 Å². The maximum atomic E-state index is 14.0. The Morgan fingerprint density at radius 2 is 1.63 bits per heavy atom. The van der Waals surface area contributed by atoms with Crippen molar-refractivity contribution < 1.29 is 28.3 Å². The number of carbonyl (C=O) groups is 3. The minimum absolute atomic E-state index is 0.0350.